The van der Waals surface area contributed by atoms with E-state index in [9.17, 15) is 5.11 Å². The minimum atomic E-state index is -0.834. The third-order valence-corrected chi connectivity index (χ3v) is 6.82. The molecule has 0 saturated carbocycles. The van der Waals surface area contributed by atoms with Crippen LogP contribution in [0.15, 0.2) is 24.5 Å². The molecule has 228 valence electrons. The van der Waals surface area contributed by atoms with Crippen LogP contribution in [0, 0.1) is 0 Å². The lowest BCUT2D eigenvalue weighted by Crippen LogP contribution is -2.28. The van der Waals surface area contributed by atoms with Crippen LogP contribution < -0.4 is 0 Å². The van der Waals surface area contributed by atoms with Crippen molar-refractivity contribution in [3.05, 3.63) is 56.0 Å². The fourth-order valence-corrected chi connectivity index (χ4v) is 4.34. The van der Waals surface area contributed by atoms with Crippen molar-refractivity contribution < 1.29 is 28.8 Å². The van der Waals surface area contributed by atoms with Gasteiger partial charge in [-0.25, -0.2) is 9.97 Å². The van der Waals surface area contributed by atoms with Gasteiger partial charge in [-0.1, -0.05) is 70.2 Å². The van der Waals surface area contributed by atoms with Crippen molar-refractivity contribution in [3.63, 3.8) is 0 Å². The topological polar surface area (TPSA) is 92.2 Å². The van der Waals surface area contributed by atoms with E-state index in [2.05, 4.69) is 22.2 Å². The van der Waals surface area contributed by atoms with Crippen molar-refractivity contribution in [1.82, 2.24) is 9.97 Å². The molecule has 0 aromatic carbocycles. The fraction of sp³-hybridized carbons (Fsp3) is 0.538. The van der Waals surface area contributed by atoms with Crippen LogP contribution in [-0.2, 0) is 23.7 Å². The number of rotatable bonds is 5. The van der Waals surface area contributed by atoms with E-state index in [1.54, 1.807) is 46.0 Å². The Kier molecular flexibility index (Phi) is 14.3. The quantitative estimate of drug-likeness (QED) is 0.187. The maximum absolute atomic E-state index is 10.1. The Labute approximate surface area is 275 Å². The van der Waals surface area contributed by atoms with Gasteiger partial charge in [0, 0.05) is 30.4 Å². The number of nitrogens with zero attached hydrogens (tertiary/aromatic N) is 2. The summed E-state index contributed by atoms with van der Waals surface area (Å²) in [7, 11) is 0. The molecule has 4 atom stereocenters. The lowest BCUT2D eigenvalue weighted by molar-refractivity contribution is -0.151. The summed E-state index contributed by atoms with van der Waals surface area (Å²) in [5.41, 5.74) is 1.31. The summed E-state index contributed by atoms with van der Waals surface area (Å²) in [6.45, 7) is 11.4. The number of halogens is 5. The lowest BCUT2D eigenvalue weighted by Gasteiger charge is -2.25. The van der Waals surface area contributed by atoms with Crippen LogP contribution in [0.2, 0.25) is 20.4 Å². The van der Waals surface area contributed by atoms with E-state index >= 15 is 0 Å². The number of hydrogen-bond donors (Lipinski definition) is 1. The van der Waals surface area contributed by atoms with Gasteiger partial charge in [-0.15, -0.1) is 0 Å². The monoisotopic (exact) mass is 706 g/mol. The molecule has 15 heteroatoms. The zero-order chi connectivity index (χ0) is 31.1. The number of aliphatic hydroxyl groups excluding tert-OH is 1. The van der Waals surface area contributed by atoms with Gasteiger partial charge in [-0.3, -0.25) is 0 Å². The number of aliphatic hydroxyl groups is 1. The SMILES string of the molecule is CC(=S)Cl.CC(=S)OC(c1cnc(Cl)c(Cl)c1)[C@@H]1COC(C)(C)O1.CC1(C)OC[C@@H](C(O)c2cnc(Cl)c(Cl)c2)O1. The maximum Gasteiger partial charge on any atom is 0.163 e. The first kappa shape index (κ1) is 36.7. The summed E-state index contributed by atoms with van der Waals surface area (Å²) in [6.07, 6.45) is 1.10. The summed E-state index contributed by atoms with van der Waals surface area (Å²) in [5, 5.41) is 11.7. The Morgan fingerprint density at radius 1 is 0.878 bits per heavy atom. The molecule has 4 rings (SSSR count). The Morgan fingerprint density at radius 3 is 1.68 bits per heavy atom. The van der Waals surface area contributed by atoms with Crippen molar-refractivity contribution in [2.24, 2.45) is 0 Å². The third-order valence-electron chi connectivity index (χ3n) is 5.35. The van der Waals surface area contributed by atoms with Gasteiger partial charge in [0.15, 0.2) is 22.7 Å². The van der Waals surface area contributed by atoms with Gasteiger partial charge >= 0.3 is 0 Å². The van der Waals surface area contributed by atoms with Crippen LogP contribution >= 0.6 is 82.4 Å². The number of ether oxygens (including phenoxy) is 5. The highest BCUT2D eigenvalue weighted by atomic mass is 35.5. The summed E-state index contributed by atoms with van der Waals surface area (Å²) >= 11 is 37.7. The summed E-state index contributed by atoms with van der Waals surface area (Å²) in [5.74, 6) is -1.32. The van der Waals surface area contributed by atoms with Crippen molar-refractivity contribution in [3.8, 4) is 0 Å². The summed E-state index contributed by atoms with van der Waals surface area (Å²) in [4.78, 5) is 7.91. The molecular formula is C26H31Cl5N2O6S2. The molecule has 0 bridgehead atoms. The molecule has 2 aromatic rings. The highest BCUT2D eigenvalue weighted by molar-refractivity contribution is 7.83. The maximum atomic E-state index is 10.1. The molecule has 2 aromatic heterocycles. The second-order valence-electron chi connectivity index (χ2n) is 9.76. The van der Waals surface area contributed by atoms with Crippen LogP contribution in [0.25, 0.3) is 0 Å². The molecule has 0 amide bonds. The number of hydrogen-bond acceptors (Lipinski definition) is 10. The predicted molar refractivity (Wildman–Crippen MR) is 170 cm³/mol. The van der Waals surface area contributed by atoms with Gasteiger partial charge < -0.3 is 28.8 Å². The minimum absolute atomic E-state index is 0.214. The average molecular weight is 709 g/mol. The van der Waals surface area contributed by atoms with Crippen LogP contribution in [-0.4, -0.2) is 61.4 Å². The normalized spacial score (nSPS) is 22.0. The lowest BCUT2D eigenvalue weighted by atomic mass is 10.1. The van der Waals surface area contributed by atoms with Crippen LogP contribution in [0.1, 0.15) is 64.9 Å². The Balaban J connectivity index is 0.000000256. The van der Waals surface area contributed by atoms with Gasteiger partial charge in [-0.2, -0.15) is 0 Å². The molecule has 0 aliphatic carbocycles. The largest absolute Gasteiger partial charge is 0.477 e. The molecule has 2 aliphatic rings. The Morgan fingerprint density at radius 2 is 1.29 bits per heavy atom. The van der Waals surface area contributed by atoms with Crippen LogP contribution in [0.4, 0.5) is 0 Å². The number of aromatic nitrogens is 2. The first-order valence-electron chi connectivity index (χ1n) is 12.2. The van der Waals surface area contributed by atoms with E-state index in [1.165, 1.54) is 6.20 Å². The van der Waals surface area contributed by atoms with Crippen LogP contribution in [0.3, 0.4) is 0 Å². The van der Waals surface area contributed by atoms with Gasteiger partial charge in [0.2, 0.25) is 0 Å². The van der Waals surface area contributed by atoms with E-state index in [0.717, 1.165) is 5.56 Å². The second-order valence-corrected chi connectivity index (χ2v) is 13.3. The molecular weight excluding hydrogens is 678 g/mol. The van der Waals surface area contributed by atoms with E-state index in [4.69, 9.17) is 93.9 Å². The fourth-order valence-electron chi connectivity index (χ4n) is 3.68. The number of pyridine rings is 2. The van der Waals surface area contributed by atoms with E-state index < -0.39 is 29.9 Å². The molecule has 8 nitrogen and oxygen atoms in total. The van der Waals surface area contributed by atoms with Crippen molar-refractivity contribution >= 4 is 91.8 Å². The average Bonchev–Trinajstić information content (AvgIpc) is 3.41. The molecule has 0 spiro atoms. The minimum Gasteiger partial charge on any atom is -0.477 e. The molecule has 2 unspecified atom stereocenters. The van der Waals surface area contributed by atoms with E-state index in [-0.39, 0.29) is 16.4 Å². The second kappa shape index (κ2) is 16.0. The summed E-state index contributed by atoms with van der Waals surface area (Å²) < 4.78 is 28.5. The first-order chi connectivity index (χ1) is 18.9. The third kappa shape index (κ3) is 12.2. The molecule has 2 fully saturated rings. The molecule has 2 saturated heterocycles. The Bertz CT molecular complexity index is 1220. The van der Waals surface area contributed by atoms with Gasteiger partial charge in [0.05, 0.1) is 27.6 Å². The molecule has 41 heavy (non-hydrogen) atoms. The van der Waals surface area contributed by atoms with Gasteiger partial charge in [-0.05, 0) is 59.0 Å². The first-order valence-corrected chi connectivity index (χ1v) is 14.9. The highest BCUT2D eigenvalue weighted by Crippen LogP contribution is 2.35. The predicted octanol–water partition coefficient (Wildman–Crippen LogP) is 8.09. The standard InChI is InChI=1S/C13H15Cl2NO3S.C11H13Cl2NO3.C2H3ClS/c1-7(20)18-11(10-6-17-13(2,3)19-10)8-4-9(14)12(15)16-5-8;1-11(2)16-5-8(17-11)9(15)6-3-7(12)10(13)14-4-6;1-2(3)4/h4-5,10-11H,6H2,1-3H3;3-4,8-9,15H,5H2,1-2H3;1H3/t10-,11?;8-,9?;/m00./s1. The molecule has 4 heterocycles. The highest BCUT2D eigenvalue weighted by Gasteiger charge is 2.40. The van der Waals surface area contributed by atoms with Crippen molar-refractivity contribution in [2.45, 2.75) is 77.5 Å². The zero-order valence-corrected chi connectivity index (χ0v) is 28.5. The molecule has 1 N–H and O–H groups in total. The van der Waals surface area contributed by atoms with Crippen molar-refractivity contribution in [1.29, 1.82) is 0 Å². The number of thiocarbonyl (C=S) groups is 2. The van der Waals surface area contributed by atoms with Crippen LogP contribution in [0.5, 0.6) is 0 Å². The van der Waals surface area contributed by atoms with Crippen molar-refractivity contribution in [2.75, 3.05) is 13.2 Å². The molecule has 2 aliphatic heterocycles. The zero-order valence-electron chi connectivity index (χ0n) is 23.1. The summed E-state index contributed by atoms with van der Waals surface area (Å²) in [6, 6.07) is 3.28. The molecule has 0 radical (unpaired) electrons. The smallest absolute Gasteiger partial charge is 0.163 e. The Hall–Kier alpha value is -0.470. The van der Waals surface area contributed by atoms with Gasteiger partial charge in [0.25, 0.3) is 0 Å². The van der Waals surface area contributed by atoms with Gasteiger partial charge in [0.1, 0.15) is 28.6 Å². The van der Waals surface area contributed by atoms with E-state index in [0.29, 0.717) is 38.2 Å². The van der Waals surface area contributed by atoms with E-state index in [1.807, 2.05) is 13.8 Å².